The molecular weight excluding hydrogens is 126 g/mol. The summed E-state index contributed by atoms with van der Waals surface area (Å²) in [5, 5.41) is 12.2. The monoisotopic (exact) mass is 141 g/mol. The third-order valence-corrected chi connectivity index (χ3v) is 1.69. The highest BCUT2D eigenvalue weighted by molar-refractivity contribution is 5.00. The Labute approximate surface area is 61.9 Å². The fourth-order valence-corrected chi connectivity index (χ4v) is 1.12. The van der Waals surface area contributed by atoms with E-state index >= 15 is 0 Å². The first-order valence-electron chi connectivity index (χ1n) is 3.87. The number of nitrogens with one attached hydrogen (secondary N) is 1. The Kier molecular flexibility index (Phi) is 2.90. The van der Waals surface area contributed by atoms with Crippen molar-refractivity contribution in [3.05, 3.63) is 12.2 Å². The lowest BCUT2D eigenvalue weighted by molar-refractivity contribution is 0.188. The maximum absolute atomic E-state index is 8.93. The van der Waals surface area contributed by atoms with Gasteiger partial charge in [0.25, 0.3) is 0 Å². The van der Waals surface area contributed by atoms with Gasteiger partial charge in [0.2, 0.25) is 0 Å². The second kappa shape index (κ2) is 3.74. The number of rotatable bonds is 3. The zero-order chi connectivity index (χ0) is 7.40. The summed E-state index contributed by atoms with van der Waals surface area (Å²) in [7, 11) is 0. The first-order valence-corrected chi connectivity index (χ1v) is 3.87. The summed E-state index contributed by atoms with van der Waals surface area (Å²) >= 11 is 0. The summed E-state index contributed by atoms with van der Waals surface area (Å²) in [6.45, 7) is 2.50. The van der Waals surface area contributed by atoms with Crippen LogP contribution in [-0.2, 0) is 0 Å². The average molecular weight is 141 g/mol. The highest BCUT2D eigenvalue weighted by Gasteiger charge is 2.07. The minimum atomic E-state index is -0.228. The van der Waals surface area contributed by atoms with Crippen LogP contribution in [0.4, 0.5) is 0 Å². The Morgan fingerprint density at radius 1 is 1.80 bits per heavy atom. The van der Waals surface area contributed by atoms with E-state index in [0.717, 1.165) is 0 Å². The molecule has 2 nitrogen and oxygen atoms in total. The van der Waals surface area contributed by atoms with Crippen molar-refractivity contribution in [1.82, 2.24) is 5.32 Å². The van der Waals surface area contributed by atoms with Crippen molar-refractivity contribution in [1.29, 1.82) is 0 Å². The third-order valence-electron chi connectivity index (χ3n) is 1.69. The molecule has 10 heavy (non-hydrogen) atoms. The van der Waals surface area contributed by atoms with Gasteiger partial charge in [0.15, 0.2) is 0 Å². The molecule has 0 fully saturated rings. The van der Waals surface area contributed by atoms with E-state index in [1.165, 1.54) is 12.8 Å². The minimum absolute atomic E-state index is 0.228. The molecule has 0 saturated carbocycles. The largest absolute Gasteiger partial charge is 0.392 e. The molecule has 0 heterocycles. The number of aliphatic hydroxyl groups excluding tert-OH is 1. The molecule has 0 amide bonds. The van der Waals surface area contributed by atoms with E-state index < -0.39 is 0 Å². The molecule has 0 saturated heterocycles. The maximum atomic E-state index is 8.93. The molecule has 1 rings (SSSR count). The number of allylic oxidation sites excluding steroid dienone is 1. The summed E-state index contributed by atoms with van der Waals surface area (Å²) in [4.78, 5) is 0. The predicted molar refractivity (Wildman–Crippen MR) is 41.8 cm³/mol. The van der Waals surface area contributed by atoms with Gasteiger partial charge in [-0.2, -0.15) is 0 Å². The Balaban J connectivity index is 2.08. The fourth-order valence-electron chi connectivity index (χ4n) is 1.12. The quantitative estimate of drug-likeness (QED) is 0.566. The van der Waals surface area contributed by atoms with Gasteiger partial charge in [0.1, 0.15) is 0 Å². The van der Waals surface area contributed by atoms with Crippen LogP contribution in [0.25, 0.3) is 0 Å². The van der Waals surface area contributed by atoms with Gasteiger partial charge < -0.3 is 10.4 Å². The van der Waals surface area contributed by atoms with Gasteiger partial charge in [0, 0.05) is 12.6 Å². The van der Waals surface area contributed by atoms with E-state index in [0.29, 0.717) is 12.6 Å². The SMILES string of the molecule is C[C@H](O)CNC1C=CCC1. The summed E-state index contributed by atoms with van der Waals surface area (Å²) in [6.07, 6.45) is 6.49. The molecule has 58 valence electrons. The smallest absolute Gasteiger partial charge is 0.0636 e. The van der Waals surface area contributed by atoms with Gasteiger partial charge in [-0.05, 0) is 19.8 Å². The van der Waals surface area contributed by atoms with Crippen molar-refractivity contribution in [2.24, 2.45) is 0 Å². The highest BCUT2D eigenvalue weighted by atomic mass is 16.3. The van der Waals surface area contributed by atoms with E-state index in [4.69, 9.17) is 5.11 Å². The third kappa shape index (κ3) is 2.50. The number of aliphatic hydroxyl groups is 1. The molecule has 1 aliphatic carbocycles. The number of hydrogen-bond donors (Lipinski definition) is 2. The topological polar surface area (TPSA) is 32.3 Å². The maximum Gasteiger partial charge on any atom is 0.0636 e. The van der Waals surface area contributed by atoms with E-state index in [9.17, 15) is 0 Å². The molecule has 1 aliphatic rings. The van der Waals surface area contributed by atoms with Crippen LogP contribution in [-0.4, -0.2) is 23.8 Å². The molecule has 2 heteroatoms. The first-order chi connectivity index (χ1) is 4.79. The standard InChI is InChI=1S/C8H15NO/c1-7(10)6-9-8-4-2-3-5-8/h2,4,7-10H,3,5-6H2,1H3/t7-,8?/m0/s1. The molecular formula is C8H15NO. The van der Waals surface area contributed by atoms with Crippen molar-refractivity contribution in [2.45, 2.75) is 31.9 Å². The molecule has 0 aromatic carbocycles. The van der Waals surface area contributed by atoms with Gasteiger partial charge in [-0.15, -0.1) is 0 Å². The van der Waals surface area contributed by atoms with Crippen LogP contribution in [0.15, 0.2) is 12.2 Å². The van der Waals surface area contributed by atoms with Crippen molar-refractivity contribution in [3.63, 3.8) is 0 Å². The summed E-state index contributed by atoms with van der Waals surface area (Å²) in [5.74, 6) is 0. The normalized spacial score (nSPS) is 27.2. The Hall–Kier alpha value is -0.340. The van der Waals surface area contributed by atoms with E-state index in [1.54, 1.807) is 6.92 Å². The molecule has 0 aromatic rings. The fraction of sp³-hybridized carbons (Fsp3) is 0.750. The minimum Gasteiger partial charge on any atom is -0.392 e. The Bertz CT molecular complexity index is 120. The van der Waals surface area contributed by atoms with Crippen molar-refractivity contribution < 1.29 is 5.11 Å². The Morgan fingerprint density at radius 2 is 2.60 bits per heavy atom. The second-order valence-electron chi connectivity index (χ2n) is 2.87. The van der Waals surface area contributed by atoms with Crippen molar-refractivity contribution >= 4 is 0 Å². The second-order valence-corrected chi connectivity index (χ2v) is 2.87. The van der Waals surface area contributed by atoms with Crippen LogP contribution in [0, 0.1) is 0 Å². The van der Waals surface area contributed by atoms with Gasteiger partial charge in [-0.25, -0.2) is 0 Å². The van der Waals surface area contributed by atoms with Crippen LogP contribution in [0.2, 0.25) is 0 Å². The summed E-state index contributed by atoms with van der Waals surface area (Å²) in [6, 6.07) is 0.509. The Morgan fingerprint density at radius 3 is 3.10 bits per heavy atom. The van der Waals surface area contributed by atoms with Crippen LogP contribution < -0.4 is 5.32 Å². The highest BCUT2D eigenvalue weighted by Crippen LogP contribution is 2.08. The molecule has 0 aromatic heterocycles. The lowest BCUT2D eigenvalue weighted by atomic mass is 10.2. The van der Waals surface area contributed by atoms with E-state index in [2.05, 4.69) is 17.5 Å². The predicted octanol–water partition coefficient (Wildman–Crippen LogP) is 0.675. The lowest BCUT2D eigenvalue weighted by Crippen LogP contribution is -2.31. The summed E-state index contributed by atoms with van der Waals surface area (Å²) in [5.41, 5.74) is 0. The average Bonchev–Trinajstić information content (AvgIpc) is 2.34. The molecule has 0 radical (unpaired) electrons. The zero-order valence-electron chi connectivity index (χ0n) is 6.38. The molecule has 0 bridgehead atoms. The van der Waals surface area contributed by atoms with Crippen molar-refractivity contribution in [3.8, 4) is 0 Å². The zero-order valence-corrected chi connectivity index (χ0v) is 6.38. The molecule has 2 N–H and O–H groups in total. The molecule has 0 spiro atoms. The molecule has 0 aliphatic heterocycles. The molecule has 1 unspecified atom stereocenters. The van der Waals surface area contributed by atoms with Crippen LogP contribution >= 0.6 is 0 Å². The van der Waals surface area contributed by atoms with Gasteiger partial charge in [-0.1, -0.05) is 12.2 Å². The van der Waals surface area contributed by atoms with Crippen LogP contribution in [0.3, 0.4) is 0 Å². The van der Waals surface area contributed by atoms with Gasteiger partial charge >= 0.3 is 0 Å². The van der Waals surface area contributed by atoms with E-state index in [-0.39, 0.29) is 6.10 Å². The molecule has 2 atom stereocenters. The van der Waals surface area contributed by atoms with E-state index in [1.807, 2.05) is 0 Å². The van der Waals surface area contributed by atoms with Gasteiger partial charge in [0.05, 0.1) is 6.10 Å². The lowest BCUT2D eigenvalue weighted by Gasteiger charge is -2.11. The van der Waals surface area contributed by atoms with Crippen LogP contribution in [0.5, 0.6) is 0 Å². The van der Waals surface area contributed by atoms with Crippen molar-refractivity contribution in [2.75, 3.05) is 6.54 Å². The number of hydrogen-bond acceptors (Lipinski definition) is 2. The first kappa shape index (κ1) is 7.76. The summed E-state index contributed by atoms with van der Waals surface area (Å²) < 4.78 is 0. The van der Waals surface area contributed by atoms with Crippen LogP contribution in [0.1, 0.15) is 19.8 Å². The van der Waals surface area contributed by atoms with Gasteiger partial charge in [-0.3, -0.25) is 0 Å².